The van der Waals surface area contributed by atoms with E-state index in [4.69, 9.17) is 25.8 Å². The number of benzene rings is 3. The zero-order chi connectivity index (χ0) is 21.0. The van der Waals surface area contributed by atoms with E-state index in [2.05, 4.69) is 4.72 Å². The van der Waals surface area contributed by atoms with E-state index in [1.165, 1.54) is 25.3 Å². The van der Waals surface area contributed by atoms with Crippen LogP contribution in [0.3, 0.4) is 0 Å². The molecule has 0 bridgehead atoms. The van der Waals surface area contributed by atoms with E-state index in [0.29, 0.717) is 33.6 Å². The van der Waals surface area contributed by atoms with Crippen LogP contribution >= 0.6 is 11.6 Å². The lowest BCUT2D eigenvalue weighted by Gasteiger charge is -2.15. The molecule has 6 nitrogen and oxygen atoms in total. The highest BCUT2D eigenvalue weighted by Crippen LogP contribution is 2.34. The normalized spacial score (nSPS) is 11.0. The fraction of sp³-hybridized carbons (Fsp3) is 0.143. The Balaban J connectivity index is 1.91. The topological polar surface area (TPSA) is 73.9 Å². The standard InChI is InChI=1S/C21H20ClNO5S/c1-14-12-18(9-11-20(14)27-3)29(24,25)23-19-13-15(22)4-10-21(19)28-17-7-5-16(26-2)6-8-17/h4-13,23H,1-3H3. The SMILES string of the molecule is COc1ccc(Oc2ccc(Cl)cc2NS(=O)(=O)c2ccc(OC)c(C)c2)cc1. The summed E-state index contributed by atoms with van der Waals surface area (Å²) in [5.41, 5.74) is 0.929. The maximum atomic E-state index is 12.9. The molecular formula is C21H20ClNO5S. The number of nitrogens with one attached hydrogen (secondary N) is 1. The summed E-state index contributed by atoms with van der Waals surface area (Å²) in [5.74, 6) is 2.13. The van der Waals surface area contributed by atoms with Crippen LogP contribution in [0.2, 0.25) is 5.02 Å². The van der Waals surface area contributed by atoms with Gasteiger partial charge in [0.2, 0.25) is 0 Å². The minimum atomic E-state index is -3.87. The molecular weight excluding hydrogens is 414 g/mol. The Bertz CT molecular complexity index is 1110. The molecule has 3 rings (SSSR count). The molecule has 0 heterocycles. The van der Waals surface area contributed by atoms with Crippen molar-refractivity contribution < 1.29 is 22.6 Å². The molecule has 0 atom stereocenters. The van der Waals surface area contributed by atoms with Gasteiger partial charge in [0.25, 0.3) is 10.0 Å². The Morgan fingerprint density at radius 2 is 1.48 bits per heavy atom. The highest BCUT2D eigenvalue weighted by molar-refractivity contribution is 7.92. The second-order valence-corrected chi connectivity index (χ2v) is 8.27. The molecule has 152 valence electrons. The minimum absolute atomic E-state index is 0.103. The van der Waals surface area contributed by atoms with Gasteiger partial charge in [0.15, 0.2) is 5.75 Å². The van der Waals surface area contributed by atoms with Crippen LogP contribution in [0.4, 0.5) is 5.69 Å². The van der Waals surface area contributed by atoms with Crippen molar-refractivity contribution in [2.45, 2.75) is 11.8 Å². The fourth-order valence-electron chi connectivity index (χ4n) is 2.66. The second kappa shape index (κ2) is 8.63. The van der Waals surface area contributed by atoms with E-state index < -0.39 is 10.0 Å². The average Bonchev–Trinajstić information content (AvgIpc) is 2.70. The van der Waals surface area contributed by atoms with Gasteiger partial charge in [0.05, 0.1) is 24.8 Å². The number of anilines is 1. The first kappa shape index (κ1) is 20.8. The summed E-state index contributed by atoms with van der Waals surface area (Å²) in [6.07, 6.45) is 0. The van der Waals surface area contributed by atoms with Crippen LogP contribution in [0, 0.1) is 6.92 Å². The largest absolute Gasteiger partial charge is 0.497 e. The summed E-state index contributed by atoms with van der Waals surface area (Å²) < 4.78 is 44.5. The third-order valence-corrected chi connectivity index (χ3v) is 5.75. The number of methoxy groups -OCH3 is 2. The third-order valence-electron chi connectivity index (χ3n) is 4.15. The number of sulfonamides is 1. The smallest absolute Gasteiger partial charge is 0.262 e. The van der Waals surface area contributed by atoms with Gasteiger partial charge >= 0.3 is 0 Å². The molecule has 0 unspecified atom stereocenters. The van der Waals surface area contributed by atoms with E-state index in [9.17, 15) is 8.42 Å². The number of halogens is 1. The Kier molecular flexibility index (Phi) is 6.20. The fourth-order valence-corrected chi connectivity index (χ4v) is 3.98. The Labute approximate surface area is 175 Å². The number of hydrogen-bond donors (Lipinski definition) is 1. The first-order valence-corrected chi connectivity index (χ1v) is 10.5. The zero-order valence-corrected chi connectivity index (χ0v) is 17.7. The molecule has 0 saturated carbocycles. The van der Waals surface area contributed by atoms with Gasteiger partial charge in [-0.05, 0) is 73.2 Å². The number of rotatable bonds is 7. The molecule has 0 fully saturated rings. The van der Waals surface area contributed by atoms with E-state index in [1.807, 2.05) is 0 Å². The summed E-state index contributed by atoms with van der Waals surface area (Å²) in [6, 6.07) is 16.3. The minimum Gasteiger partial charge on any atom is -0.497 e. The quantitative estimate of drug-likeness (QED) is 0.550. The van der Waals surface area contributed by atoms with Gasteiger partial charge in [-0.3, -0.25) is 4.72 Å². The lowest BCUT2D eigenvalue weighted by molar-refractivity contribution is 0.411. The van der Waals surface area contributed by atoms with Crippen molar-refractivity contribution in [3.05, 3.63) is 71.2 Å². The van der Waals surface area contributed by atoms with Crippen molar-refractivity contribution in [3.63, 3.8) is 0 Å². The summed E-state index contributed by atoms with van der Waals surface area (Å²) in [5, 5.41) is 0.371. The maximum Gasteiger partial charge on any atom is 0.262 e. The van der Waals surface area contributed by atoms with Crippen LogP contribution in [0.1, 0.15) is 5.56 Å². The third kappa shape index (κ3) is 4.93. The van der Waals surface area contributed by atoms with Gasteiger partial charge in [0, 0.05) is 5.02 Å². The summed E-state index contributed by atoms with van der Waals surface area (Å²) in [6.45, 7) is 1.77. The van der Waals surface area contributed by atoms with Crippen LogP contribution in [0.5, 0.6) is 23.0 Å². The van der Waals surface area contributed by atoms with Crippen molar-refractivity contribution in [1.29, 1.82) is 0 Å². The molecule has 3 aromatic rings. The van der Waals surface area contributed by atoms with Crippen LogP contribution in [0.25, 0.3) is 0 Å². The van der Waals surface area contributed by atoms with Gasteiger partial charge < -0.3 is 14.2 Å². The molecule has 0 amide bonds. The first-order valence-electron chi connectivity index (χ1n) is 8.61. The molecule has 0 aromatic heterocycles. The molecule has 3 aromatic carbocycles. The second-order valence-electron chi connectivity index (χ2n) is 6.15. The van der Waals surface area contributed by atoms with Crippen molar-refractivity contribution in [2.75, 3.05) is 18.9 Å². The van der Waals surface area contributed by atoms with E-state index in [0.717, 1.165) is 0 Å². The molecule has 0 radical (unpaired) electrons. The summed E-state index contributed by atoms with van der Waals surface area (Å²) in [4.78, 5) is 0.103. The van der Waals surface area contributed by atoms with E-state index in [1.54, 1.807) is 56.5 Å². The Hall–Kier alpha value is -2.90. The van der Waals surface area contributed by atoms with Gasteiger partial charge in [-0.15, -0.1) is 0 Å². The van der Waals surface area contributed by atoms with Crippen molar-refractivity contribution in [3.8, 4) is 23.0 Å². The van der Waals surface area contributed by atoms with Crippen LogP contribution < -0.4 is 18.9 Å². The van der Waals surface area contributed by atoms with Gasteiger partial charge in [-0.1, -0.05) is 11.6 Å². The molecule has 0 aliphatic heterocycles. The van der Waals surface area contributed by atoms with Gasteiger partial charge in [0.1, 0.15) is 17.2 Å². The molecule has 29 heavy (non-hydrogen) atoms. The predicted octanol–water partition coefficient (Wildman–Crippen LogP) is 5.26. The molecule has 0 spiro atoms. The van der Waals surface area contributed by atoms with Crippen LogP contribution in [0.15, 0.2) is 65.6 Å². The Morgan fingerprint density at radius 1 is 0.828 bits per heavy atom. The molecule has 0 aliphatic carbocycles. The van der Waals surface area contributed by atoms with Crippen molar-refractivity contribution >= 4 is 27.3 Å². The molecule has 0 saturated heterocycles. The average molecular weight is 434 g/mol. The monoisotopic (exact) mass is 433 g/mol. The van der Waals surface area contributed by atoms with E-state index in [-0.39, 0.29) is 10.6 Å². The van der Waals surface area contributed by atoms with Crippen LogP contribution in [-0.2, 0) is 10.0 Å². The van der Waals surface area contributed by atoms with Crippen LogP contribution in [-0.4, -0.2) is 22.6 Å². The molecule has 1 N–H and O–H groups in total. The van der Waals surface area contributed by atoms with Crippen molar-refractivity contribution in [1.82, 2.24) is 0 Å². The first-order chi connectivity index (χ1) is 13.8. The number of ether oxygens (including phenoxy) is 3. The van der Waals surface area contributed by atoms with E-state index >= 15 is 0 Å². The lowest BCUT2D eigenvalue weighted by atomic mass is 10.2. The van der Waals surface area contributed by atoms with Crippen molar-refractivity contribution in [2.24, 2.45) is 0 Å². The summed E-state index contributed by atoms with van der Waals surface area (Å²) >= 11 is 6.08. The highest BCUT2D eigenvalue weighted by Gasteiger charge is 2.18. The molecule has 8 heteroatoms. The number of hydrogen-bond acceptors (Lipinski definition) is 5. The molecule has 0 aliphatic rings. The number of aryl methyl sites for hydroxylation is 1. The maximum absolute atomic E-state index is 12.9. The van der Waals surface area contributed by atoms with Gasteiger partial charge in [-0.2, -0.15) is 0 Å². The Morgan fingerprint density at radius 3 is 2.10 bits per heavy atom. The predicted molar refractivity (Wildman–Crippen MR) is 113 cm³/mol. The zero-order valence-electron chi connectivity index (χ0n) is 16.1. The highest BCUT2D eigenvalue weighted by atomic mass is 35.5. The summed E-state index contributed by atoms with van der Waals surface area (Å²) in [7, 11) is -0.764. The van der Waals surface area contributed by atoms with Gasteiger partial charge in [-0.25, -0.2) is 8.42 Å². The lowest BCUT2D eigenvalue weighted by Crippen LogP contribution is -2.14.